The van der Waals surface area contributed by atoms with Gasteiger partial charge in [0.05, 0.1) is 6.10 Å². The molecule has 1 saturated heterocycles. The van der Waals surface area contributed by atoms with E-state index in [1.807, 2.05) is 0 Å². The first-order chi connectivity index (χ1) is 10.5. The molecule has 1 aliphatic rings. The van der Waals surface area contributed by atoms with Crippen LogP contribution in [0.2, 0.25) is 0 Å². The molecule has 1 fully saturated rings. The highest BCUT2D eigenvalue weighted by molar-refractivity contribution is 5.97. The number of carbonyl (C=O) groups excluding carboxylic acids is 2. The smallest absolute Gasteiger partial charge is 0.253 e. The minimum atomic E-state index is -0.487. The van der Waals surface area contributed by atoms with Gasteiger partial charge in [-0.15, -0.1) is 0 Å². The number of nitrogens with zero attached hydrogens (tertiary/aromatic N) is 1. The second-order valence-corrected chi connectivity index (χ2v) is 6.16. The number of ether oxygens (including phenoxy) is 1. The van der Waals surface area contributed by atoms with Gasteiger partial charge in [-0.25, -0.2) is 0 Å². The molecule has 1 aromatic carbocycles. The number of rotatable bonds is 6. The Hall–Kier alpha value is -1.88. The fourth-order valence-corrected chi connectivity index (χ4v) is 2.48. The third-order valence-electron chi connectivity index (χ3n) is 3.90. The lowest BCUT2D eigenvalue weighted by Crippen LogP contribution is -2.30. The van der Waals surface area contributed by atoms with Gasteiger partial charge in [-0.2, -0.15) is 0 Å². The van der Waals surface area contributed by atoms with Crippen molar-refractivity contribution in [1.82, 2.24) is 4.90 Å². The van der Waals surface area contributed by atoms with Crippen molar-refractivity contribution < 1.29 is 14.3 Å². The van der Waals surface area contributed by atoms with Gasteiger partial charge in [-0.3, -0.25) is 9.59 Å². The number of primary amides is 1. The average molecular weight is 304 g/mol. The number of hydrogen-bond donors (Lipinski definition) is 1. The Morgan fingerprint density at radius 3 is 2.50 bits per heavy atom. The lowest BCUT2D eigenvalue weighted by molar-refractivity contribution is 0.0484. The van der Waals surface area contributed by atoms with Crippen LogP contribution < -0.4 is 5.73 Å². The standard InChI is InChI=1S/C17H24N2O3/c1-12(2)8-10-22-15-7-9-19(11-15)17(21)14-5-3-13(4-6-14)16(18)20/h3-6,12,15H,7-11H2,1-2H3,(H2,18,20). The predicted molar refractivity (Wildman–Crippen MR) is 84.7 cm³/mol. The van der Waals surface area contributed by atoms with Gasteiger partial charge in [-0.05, 0) is 43.0 Å². The molecule has 1 unspecified atom stereocenters. The van der Waals surface area contributed by atoms with E-state index < -0.39 is 5.91 Å². The molecule has 2 amide bonds. The molecule has 5 nitrogen and oxygen atoms in total. The lowest BCUT2D eigenvalue weighted by atomic mass is 10.1. The predicted octanol–water partition coefficient (Wildman–Crippen LogP) is 2.06. The van der Waals surface area contributed by atoms with E-state index in [1.54, 1.807) is 29.2 Å². The molecule has 0 bridgehead atoms. The first kappa shape index (κ1) is 16.5. The van der Waals surface area contributed by atoms with E-state index >= 15 is 0 Å². The van der Waals surface area contributed by atoms with Crippen LogP contribution in [0.1, 0.15) is 47.4 Å². The molecular weight excluding hydrogens is 280 g/mol. The zero-order valence-corrected chi connectivity index (χ0v) is 13.2. The van der Waals surface area contributed by atoms with Gasteiger partial charge in [0.2, 0.25) is 5.91 Å². The normalized spacial score (nSPS) is 18.0. The van der Waals surface area contributed by atoms with Crippen LogP contribution in [-0.2, 0) is 4.74 Å². The minimum Gasteiger partial charge on any atom is -0.376 e. The van der Waals surface area contributed by atoms with E-state index in [0.717, 1.165) is 19.4 Å². The summed E-state index contributed by atoms with van der Waals surface area (Å²) in [6.45, 7) is 6.43. The Balaban J connectivity index is 1.87. The Labute approximate surface area is 131 Å². The van der Waals surface area contributed by atoms with E-state index in [4.69, 9.17) is 10.5 Å². The summed E-state index contributed by atoms with van der Waals surface area (Å²) in [6, 6.07) is 6.47. The van der Waals surface area contributed by atoms with Crippen molar-refractivity contribution in [2.24, 2.45) is 11.7 Å². The van der Waals surface area contributed by atoms with Crippen molar-refractivity contribution in [2.75, 3.05) is 19.7 Å². The zero-order chi connectivity index (χ0) is 16.1. The molecule has 1 aliphatic heterocycles. The zero-order valence-electron chi connectivity index (χ0n) is 13.2. The molecule has 5 heteroatoms. The van der Waals surface area contributed by atoms with Gasteiger partial charge in [0.15, 0.2) is 0 Å². The molecule has 22 heavy (non-hydrogen) atoms. The molecule has 0 radical (unpaired) electrons. The maximum atomic E-state index is 12.4. The average Bonchev–Trinajstić information content (AvgIpc) is 2.95. The summed E-state index contributed by atoms with van der Waals surface area (Å²) in [5.41, 5.74) is 6.18. The van der Waals surface area contributed by atoms with E-state index in [0.29, 0.717) is 30.1 Å². The maximum Gasteiger partial charge on any atom is 0.253 e. The molecule has 0 aliphatic carbocycles. The largest absolute Gasteiger partial charge is 0.376 e. The van der Waals surface area contributed by atoms with Crippen LogP contribution in [0.3, 0.4) is 0 Å². The Kier molecular flexibility index (Phi) is 5.55. The molecule has 0 saturated carbocycles. The number of carbonyl (C=O) groups is 2. The van der Waals surface area contributed by atoms with E-state index in [1.165, 1.54) is 0 Å². The van der Waals surface area contributed by atoms with Crippen molar-refractivity contribution in [2.45, 2.75) is 32.8 Å². The second kappa shape index (κ2) is 7.40. The van der Waals surface area contributed by atoms with Gasteiger partial charge in [0, 0.05) is 30.8 Å². The summed E-state index contributed by atoms with van der Waals surface area (Å²) in [5.74, 6) is 0.118. The van der Waals surface area contributed by atoms with Crippen LogP contribution >= 0.6 is 0 Å². The molecule has 0 spiro atoms. The molecular formula is C17H24N2O3. The molecule has 120 valence electrons. The summed E-state index contributed by atoms with van der Waals surface area (Å²) in [5, 5.41) is 0. The van der Waals surface area contributed by atoms with Crippen LogP contribution in [-0.4, -0.2) is 42.5 Å². The van der Waals surface area contributed by atoms with Gasteiger partial charge in [0.25, 0.3) is 5.91 Å². The van der Waals surface area contributed by atoms with Crippen LogP contribution in [0.25, 0.3) is 0 Å². The van der Waals surface area contributed by atoms with Crippen molar-refractivity contribution in [1.29, 1.82) is 0 Å². The van der Waals surface area contributed by atoms with Crippen LogP contribution in [0, 0.1) is 5.92 Å². The van der Waals surface area contributed by atoms with Crippen molar-refractivity contribution in [3.63, 3.8) is 0 Å². The fraction of sp³-hybridized carbons (Fsp3) is 0.529. The number of hydrogen-bond acceptors (Lipinski definition) is 3. The monoisotopic (exact) mass is 304 g/mol. The SMILES string of the molecule is CC(C)CCOC1CCN(C(=O)c2ccc(C(N)=O)cc2)C1. The second-order valence-electron chi connectivity index (χ2n) is 6.16. The van der Waals surface area contributed by atoms with Crippen LogP contribution in [0.5, 0.6) is 0 Å². The van der Waals surface area contributed by atoms with Crippen molar-refractivity contribution >= 4 is 11.8 Å². The lowest BCUT2D eigenvalue weighted by Gasteiger charge is -2.17. The summed E-state index contributed by atoms with van der Waals surface area (Å²) >= 11 is 0. The van der Waals surface area contributed by atoms with Gasteiger partial charge in [-0.1, -0.05) is 13.8 Å². The number of nitrogens with two attached hydrogens (primary N) is 1. The van der Waals surface area contributed by atoms with Gasteiger partial charge in [0.1, 0.15) is 0 Å². The first-order valence-corrected chi connectivity index (χ1v) is 7.78. The quantitative estimate of drug-likeness (QED) is 0.874. The Bertz CT molecular complexity index is 525. The summed E-state index contributed by atoms with van der Waals surface area (Å²) in [4.78, 5) is 25.3. The van der Waals surface area contributed by atoms with E-state index in [-0.39, 0.29) is 12.0 Å². The van der Waals surface area contributed by atoms with Crippen LogP contribution in [0.4, 0.5) is 0 Å². The van der Waals surface area contributed by atoms with Gasteiger partial charge >= 0.3 is 0 Å². The molecule has 1 heterocycles. The van der Waals surface area contributed by atoms with E-state index in [2.05, 4.69) is 13.8 Å². The highest BCUT2D eigenvalue weighted by Crippen LogP contribution is 2.17. The summed E-state index contributed by atoms with van der Waals surface area (Å²) < 4.78 is 5.83. The highest BCUT2D eigenvalue weighted by atomic mass is 16.5. The molecule has 0 aromatic heterocycles. The molecule has 1 atom stereocenters. The molecule has 2 rings (SSSR count). The Morgan fingerprint density at radius 1 is 1.27 bits per heavy atom. The van der Waals surface area contributed by atoms with Gasteiger partial charge < -0.3 is 15.4 Å². The van der Waals surface area contributed by atoms with E-state index in [9.17, 15) is 9.59 Å². The van der Waals surface area contributed by atoms with Crippen LogP contribution in [0.15, 0.2) is 24.3 Å². The molecule has 1 aromatic rings. The number of likely N-dealkylation sites (tertiary alicyclic amines) is 1. The summed E-state index contributed by atoms with van der Waals surface area (Å²) in [6.07, 6.45) is 2.05. The van der Waals surface area contributed by atoms with Crippen molar-refractivity contribution in [3.05, 3.63) is 35.4 Å². The fourth-order valence-electron chi connectivity index (χ4n) is 2.48. The molecule has 2 N–H and O–H groups in total. The van der Waals surface area contributed by atoms with Crippen molar-refractivity contribution in [3.8, 4) is 0 Å². The summed E-state index contributed by atoms with van der Waals surface area (Å²) in [7, 11) is 0. The number of amides is 2. The topological polar surface area (TPSA) is 72.6 Å². The maximum absolute atomic E-state index is 12.4. The third-order valence-corrected chi connectivity index (χ3v) is 3.90. The minimum absolute atomic E-state index is 0.0222. The Morgan fingerprint density at radius 2 is 1.91 bits per heavy atom. The third kappa shape index (κ3) is 4.31. The number of benzene rings is 1. The first-order valence-electron chi connectivity index (χ1n) is 7.78. The highest BCUT2D eigenvalue weighted by Gasteiger charge is 2.27.